The van der Waals surface area contributed by atoms with Crippen molar-refractivity contribution in [3.05, 3.63) is 95.1 Å². The van der Waals surface area contributed by atoms with E-state index in [0.717, 1.165) is 11.1 Å². The summed E-state index contributed by atoms with van der Waals surface area (Å²) >= 11 is 0. The first kappa shape index (κ1) is 28.5. The van der Waals surface area contributed by atoms with Crippen molar-refractivity contribution in [1.29, 1.82) is 5.26 Å². The Labute approximate surface area is 228 Å². The standard InChI is InChI=1S/C31H30N2O6/c1-4-37-26-14-11-22(18-29(26)38-5-2)13-16-30(34)39-27-15-12-24(19-28(27)36-3)17-25(20-32)31(35)33-21-23-9-7-6-8-10-23/h6-19H,4-5,21H2,1-3H3,(H,33,35)/b16-13+,25-17+. The number of nitrogens with zero attached hydrogens (tertiary/aromatic N) is 1. The van der Waals surface area contributed by atoms with Gasteiger partial charge in [-0.3, -0.25) is 4.79 Å². The van der Waals surface area contributed by atoms with Crippen LogP contribution < -0.4 is 24.3 Å². The molecule has 200 valence electrons. The zero-order valence-electron chi connectivity index (χ0n) is 22.1. The number of methoxy groups -OCH3 is 1. The molecule has 0 radical (unpaired) electrons. The van der Waals surface area contributed by atoms with Gasteiger partial charge in [0, 0.05) is 12.6 Å². The van der Waals surface area contributed by atoms with Crippen molar-refractivity contribution in [1.82, 2.24) is 5.32 Å². The third-order valence-corrected chi connectivity index (χ3v) is 5.35. The highest BCUT2D eigenvalue weighted by atomic mass is 16.6. The van der Waals surface area contributed by atoms with Crippen molar-refractivity contribution in [2.24, 2.45) is 0 Å². The maximum Gasteiger partial charge on any atom is 0.336 e. The van der Waals surface area contributed by atoms with E-state index >= 15 is 0 Å². The van der Waals surface area contributed by atoms with E-state index in [4.69, 9.17) is 18.9 Å². The number of nitrogens with one attached hydrogen (secondary N) is 1. The quantitative estimate of drug-likeness (QED) is 0.147. The SMILES string of the molecule is CCOc1ccc(/C=C/C(=O)Oc2ccc(/C=C(\C#N)C(=O)NCc3ccccc3)cc2OC)cc1OCC. The first-order valence-corrected chi connectivity index (χ1v) is 12.4. The number of ether oxygens (including phenoxy) is 4. The molecule has 0 unspecified atom stereocenters. The van der Waals surface area contributed by atoms with Gasteiger partial charge < -0.3 is 24.3 Å². The minimum Gasteiger partial charge on any atom is -0.493 e. The summed E-state index contributed by atoms with van der Waals surface area (Å²) in [6.07, 6.45) is 4.34. The molecule has 0 aliphatic rings. The number of hydrogen-bond donors (Lipinski definition) is 1. The van der Waals surface area contributed by atoms with Crippen molar-refractivity contribution >= 4 is 24.0 Å². The van der Waals surface area contributed by atoms with E-state index in [-0.39, 0.29) is 17.1 Å². The number of esters is 1. The van der Waals surface area contributed by atoms with E-state index < -0.39 is 11.9 Å². The van der Waals surface area contributed by atoms with Crippen LogP contribution in [0.15, 0.2) is 78.4 Å². The molecule has 3 aromatic carbocycles. The summed E-state index contributed by atoms with van der Waals surface area (Å²) in [7, 11) is 1.43. The van der Waals surface area contributed by atoms with Crippen LogP contribution in [0.1, 0.15) is 30.5 Å². The fourth-order valence-corrected chi connectivity index (χ4v) is 3.52. The monoisotopic (exact) mass is 526 g/mol. The van der Waals surface area contributed by atoms with Gasteiger partial charge in [0.1, 0.15) is 11.6 Å². The number of carbonyl (C=O) groups is 2. The lowest BCUT2D eigenvalue weighted by molar-refractivity contribution is -0.129. The highest BCUT2D eigenvalue weighted by molar-refractivity contribution is 6.01. The molecule has 0 fully saturated rings. The van der Waals surface area contributed by atoms with Crippen LogP contribution in [0.2, 0.25) is 0 Å². The van der Waals surface area contributed by atoms with E-state index in [0.29, 0.717) is 36.8 Å². The number of hydrogen-bond acceptors (Lipinski definition) is 7. The Bertz CT molecular complexity index is 1390. The van der Waals surface area contributed by atoms with E-state index in [1.807, 2.05) is 56.3 Å². The van der Waals surface area contributed by atoms with Gasteiger partial charge in [-0.15, -0.1) is 0 Å². The Hall–Kier alpha value is -5.03. The lowest BCUT2D eigenvalue weighted by Crippen LogP contribution is -2.23. The van der Waals surface area contributed by atoms with Crippen molar-refractivity contribution in [2.75, 3.05) is 20.3 Å². The molecular formula is C31H30N2O6. The van der Waals surface area contributed by atoms with Crippen LogP contribution in [0, 0.1) is 11.3 Å². The Balaban J connectivity index is 1.68. The second-order valence-electron chi connectivity index (χ2n) is 8.08. The molecule has 0 heterocycles. The van der Waals surface area contributed by atoms with Crippen molar-refractivity contribution in [3.8, 4) is 29.1 Å². The Morgan fingerprint density at radius 2 is 1.54 bits per heavy atom. The van der Waals surface area contributed by atoms with Gasteiger partial charge >= 0.3 is 5.97 Å². The van der Waals surface area contributed by atoms with Crippen LogP contribution in [0.4, 0.5) is 0 Å². The first-order valence-electron chi connectivity index (χ1n) is 12.4. The molecule has 3 aromatic rings. The van der Waals surface area contributed by atoms with Gasteiger partial charge in [-0.2, -0.15) is 5.26 Å². The largest absolute Gasteiger partial charge is 0.493 e. The van der Waals surface area contributed by atoms with Crippen LogP contribution in [-0.4, -0.2) is 32.2 Å². The number of nitriles is 1. The first-order chi connectivity index (χ1) is 19.0. The van der Waals surface area contributed by atoms with Crippen molar-refractivity contribution in [2.45, 2.75) is 20.4 Å². The van der Waals surface area contributed by atoms with Gasteiger partial charge in [-0.25, -0.2) is 4.79 Å². The number of amides is 1. The maximum absolute atomic E-state index is 12.5. The summed E-state index contributed by atoms with van der Waals surface area (Å²) in [6.45, 7) is 5.06. The Morgan fingerprint density at radius 1 is 0.872 bits per heavy atom. The van der Waals surface area contributed by atoms with Gasteiger partial charge in [0.15, 0.2) is 23.0 Å². The molecule has 3 rings (SSSR count). The molecule has 0 spiro atoms. The molecule has 8 nitrogen and oxygen atoms in total. The summed E-state index contributed by atoms with van der Waals surface area (Å²) in [5.74, 6) is 0.575. The van der Waals surface area contributed by atoms with E-state index in [1.165, 1.54) is 25.3 Å². The fraction of sp³-hybridized carbons (Fsp3) is 0.194. The summed E-state index contributed by atoms with van der Waals surface area (Å²) in [6, 6.07) is 21.4. The van der Waals surface area contributed by atoms with Gasteiger partial charge in [0.2, 0.25) is 0 Å². The van der Waals surface area contributed by atoms with E-state index in [2.05, 4.69) is 5.32 Å². The molecule has 0 aliphatic heterocycles. The minimum absolute atomic E-state index is 0.0672. The molecule has 0 saturated heterocycles. The maximum atomic E-state index is 12.5. The summed E-state index contributed by atoms with van der Waals surface area (Å²) in [4.78, 5) is 25.0. The molecule has 0 atom stereocenters. The summed E-state index contributed by atoms with van der Waals surface area (Å²) in [5, 5.41) is 12.2. The highest BCUT2D eigenvalue weighted by Crippen LogP contribution is 2.30. The predicted octanol–water partition coefficient (Wildman–Crippen LogP) is 5.33. The molecule has 1 amide bonds. The molecular weight excluding hydrogens is 496 g/mol. The zero-order chi connectivity index (χ0) is 28.0. The normalized spacial score (nSPS) is 11.0. The lowest BCUT2D eigenvalue weighted by atomic mass is 10.1. The Kier molecular flexibility index (Phi) is 10.7. The Morgan fingerprint density at radius 3 is 2.23 bits per heavy atom. The van der Waals surface area contributed by atoms with Gasteiger partial charge in [0.05, 0.1) is 20.3 Å². The van der Waals surface area contributed by atoms with Gasteiger partial charge in [-0.1, -0.05) is 42.5 Å². The minimum atomic E-state index is -0.610. The van der Waals surface area contributed by atoms with Crippen molar-refractivity contribution in [3.63, 3.8) is 0 Å². The van der Waals surface area contributed by atoms with Crippen molar-refractivity contribution < 1.29 is 28.5 Å². The number of rotatable bonds is 12. The summed E-state index contributed by atoms with van der Waals surface area (Å²) < 4.78 is 22.0. The third-order valence-electron chi connectivity index (χ3n) is 5.35. The smallest absolute Gasteiger partial charge is 0.336 e. The third kappa shape index (κ3) is 8.51. The predicted molar refractivity (Wildman–Crippen MR) is 148 cm³/mol. The zero-order valence-corrected chi connectivity index (χ0v) is 22.1. The summed E-state index contributed by atoms with van der Waals surface area (Å²) in [5.41, 5.74) is 2.12. The van der Waals surface area contributed by atoms with Crippen LogP contribution in [0.3, 0.4) is 0 Å². The van der Waals surface area contributed by atoms with Crippen LogP contribution in [0.25, 0.3) is 12.2 Å². The second kappa shape index (κ2) is 14.6. The van der Waals surface area contributed by atoms with Crippen LogP contribution >= 0.6 is 0 Å². The highest BCUT2D eigenvalue weighted by Gasteiger charge is 2.12. The molecule has 0 saturated carbocycles. The number of benzene rings is 3. The average molecular weight is 527 g/mol. The van der Waals surface area contributed by atoms with Gasteiger partial charge in [0.25, 0.3) is 5.91 Å². The molecule has 39 heavy (non-hydrogen) atoms. The number of carbonyl (C=O) groups excluding carboxylic acids is 2. The van der Waals surface area contributed by atoms with Crippen LogP contribution in [0.5, 0.6) is 23.0 Å². The van der Waals surface area contributed by atoms with E-state index in [9.17, 15) is 14.9 Å². The fourth-order valence-electron chi connectivity index (χ4n) is 3.52. The average Bonchev–Trinajstić information content (AvgIpc) is 2.96. The molecule has 0 aromatic heterocycles. The van der Waals surface area contributed by atoms with Gasteiger partial charge in [-0.05, 0) is 67.0 Å². The molecule has 8 heteroatoms. The molecule has 0 aliphatic carbocycles. The van der Waals surface area contributed by atoms with Crippen LogP contribution in [-0.2, 0) is 16.1 Å². The second-order valence-corrected chi connectivity index (χ2v) is 8.08. The molecule has 0 bridgehead atoms. The van der Waals surface area contributed by atoms with E-state index in [1.54, 1.807) is 30.3 Å². The lowest BCUT2D eigenvalue weighted by Gasteiger charge is -2.11. The molecule has 1 N–H and O–H groups in total. The topological polar surface area (TPSA) is 107 Å².